The van der Waals surface area contributed by atoms with Crippen molar-refractivity contribution < 1.29 is 13.2 Å². The van der Waals surface area contributed by atoms with E-state index in [4.69, 9.17) is 0 Å². The Morgan fingerprint density at radius 3 is 2.62 bits per heavy atom. The van der Waals surface area contributed by atoms with E-state index in [0.717, 1.165) is 18.4 Å². The van der Waals surface area contributed by atoms with E-state index in [1.807, 2.05) is 31.2 Å². The number of carbonyl (C=O) groups is 1. The van der Waals surface area contributed by atoms with E-state index in [0.29, 0.717) is 18.5 Å². The third-order valence-corrected chi connectivity index (χ3v) is 5.79. The summed E-state index contributed by atoms with van der Waals surface area (Å²) in [5, 5.41) is 0. The van der Waals surface area contributed by atoms with Crippen LogP contribution in [0.5, 0.6) is 0 Å². The predicted octanol–water partition coefficient (Wildman–Crippen LogP) is 2.42. The van der Waals surface area contributed by atoms with Crippen molar-refractivity contribution in [3.8, 4) is 0 Å². The highest BCUT2D eigenvalue weighted by Gasteiger charge is 2.34. The number of aryl methyl sites for hydroxylation is 1. The van der Waals surface area contributed by atoms with Crippen LogP contribution in [0, 0.1) is 6.92 Å². The number of hydrogen-bond acceptors (Lipinski definition) is 3. The average molecular weight is 309 g/mol. The first-order chi connectivity index (χ1) is 9.94. The van der Waals surface area contributed by atoms with Crippen molar-refractivity contribution in [3.63, 3.8) is 0 Å². The van der Waals surface area contributed by atoms with Crippen LogP contribution in [0.3, 0.4) is 0 Å². The molecule has 1 unspecified atom stereocenters. The van der Waals surface area contributed by atoms with Gasteiger partial charge in [0.2, 0.25) is 0 Å². The first-order valence-electron chi connectivity index (χ1n) is 7.51. The van der Waals surface area contributed by atoms with E-state index in [-0.39, 0.29) is 23.5 Å². The Labute approximate surface area is 127 Å². The number of hydrogen-bond donors (Lipinski definition) is 0. The standard InChI is InChI=1S/C16H23NO3S/c1-3-4-10-17(14-9-11-21(19,20)12-14)16(18)15-8-6-5-7-13(15)2/h5-8,14H,3-4,9-12H2,1-2H3. The highest BCUT2D eigenvalue weighted by molar-refractivity contribution is 7.91. The molecule has 0 spiro atoms. The van der Waals surface area contributed by atoms with Crippen LogP contribution in [0.15, 0.2) is 24.3 Å². The molecule has 116 valence electrons. The van der Waals surface area contributed by atoms with Crippen molar-refractivity contribution in [2.45, 2.75) is 39.2 Å². The second-order valence-electron chi connectivity index (χ2n) is 5.72. The number of amides is 1. The number of benzene rings is 1. The number of carbonyl (C=O) groups excluding carboxylic acids is 1. The molecule has 0 radical (unpaired) electrons. The van der Waals surface area contributed by atoms with Crippen LogP contribution in [0.1, 0.15) is 42.1 Å². The first-order valence-corrected chi connectivity index (χ1v) is 9.34. The molecule has 1 fully saturated rings. The van der Waals surface area contributed by atoms with Crippen molar-refractivity contribution in [3.05, 3.63) is 35.4 Å². The van der Waals surface area contributed by atoms with E-state index in [1.165, 1.54) is 0 Å². The maximum absolute atomic E-state index is 12.8. The van der Waals surface area contributed by atoms with Gasteiger partial charge in [-0.3, -0.25) is 4.79 Å². The van der Waals surface area contributed by atoms with E-state index in [1.54, 1.807) is 4.90 Å². The van der Waals surface area contributed by atoms with Crippen LogP contribution < -0.4 is 0 Å². The van der Waals surface area contributed by atoms with Crippen LogP contribution >= 0.6 is 0 Å². The van der Waals surface area contributed by atoms with Crippen LogP contribution in [-0.4, -0.2) is 43.3 Å². The maximum Gasteiger partial charge on any atom is 0.254 e. The van der Waals surface area contributed by atoms with E-state index in [9.17, 15) is 13.2 Å². The van der Waals surface area contributed by atoms with Crippen LogP contribution in [0.25, 0.3) is 0 Å². The number of sulfone groups is 1. The zero-order valence-corrected chi connectivity index (χ0v) is 13.5. The molecular formula is C16H23NO3S. The molecular weight excluding hydrogens is 286 g/mol. The Kier molecular flexibility index (Phi) is 5.04. The molecule has 1 heterocycles. The van der Waals surface area contributed by atoms with Gasteiger partial charge in [0.05, 0.1) is 11.5 Å². The predicted molar refractivity (Wildman–Crippen MR) is 84.2 cm³/mol. The quantitative estimate of drug-likeness (QED) is 0.839. The largest absolute Gasteiger partial charge is 0.335 e. The minimum Gasteiger partial charge on any atom is -0.335 e. The normalized spacial score (nSPS) is 20.4. The topological polar surface area (TPSA) is 54.5 Å². The summed E-state index contributed by atoms with van der Waals surface area (Å²) in [6, 6.07) is 7.32. The van der Waals surface area contributed by atoms with Gasteiger partial charge in [-0.1, -0.05) is 31.5 Å². The van der Waals surface area contributed by atoms with Gasteiger partial charge in [0, 0.05) is 18.2 Å². The summed E-state index contributed by atoms with van der Waals surface area (Å²) < 4.78 is 23.4. The molecule has 1 aliphatic rings. The summed E-state index contributed by atoms with van der Waals surface area (Å²) in [6.07, 6.45) is 2.44. The Hall–Kier alpha value is -1.36. The lowest BCUT2D eigenvalue weighted by Gasteiger charge is -2.29. The highest BCUT2D eigenvalue weighted by Crippen LogP contribution is 2.21. The number of rotatable bonds is 5. The lowest BCUT2D eigenvalue weighted by molar-refractivity contribution is 0.0693. The summed E-state index contributed by atoms with van der Waals surface area (Å²) >= 11 is 0. The molecule has 1 aromatic rings. The lowest BCUT2D eigenvalue weighted by Crippen LogP contribution is -2.42. The molecule has 0 aromatic heterocycles. The third-order valence-electron chi connectivity index (χ3n) is 4.04. The SMILES string of the molecule is CCCCN(C(=O)c1ccccc1C)C1CCS(=O)(=O)C1. The van der Waals surface area contributed by atoms with Gasteiger partial charge in [0.25, 0.3) is 5.91 Å². The maximum atomic E-state index is 12.8. The Balaban J connectivity index is 2.24. The van der Waals surface area contributed by atoms with Crippen LogP contribution in [-0.2, 0) is 9.84 Å². The van der Waals surface area contributed by atoms with Gasteiger partial charge >= 0.3 is 0 Å². The highest BCUT2D eigenvalue weighted by atomic mass is 32.2. The van der Waals surface area contributed by atoms with Crippen molar-refractivity contribution in [2.24, 2.45) is 0 Å². The van der Waals surface area contributed by atoms with E-state index in [2.05, 4.69) is 6.92 Å². The molecule has 4 nitrogen and oxygen atoms in total. The van der Waals surface area contributed by atoms with E-state index >= 15 is 0 Å². The Morgan fingerprint density at radius 1 is 1.33 bits per heavy atom. The van der Waals surface area contributed by atoms with Gasteiger partial charge in [-0.2, -0.15) is 0 Å². The first kappa shape index (κ1) is 16.0. The molecule has 1 aromatic carbocycles. The van der Waals surface area contributed by atoms with Gasteiger partial charge in [0.15, 0.2) is 9.84 Å². The Bertz CT molecular complexity index is 610. The van der Waals surface area contributed by atoms with Crippen molar-refractivity contribution >= 4 is 15.7 Å². The molecule has 1 aliphatic heterocycles. The zero-order chi connectivity index (χ0) is 15.5. The number of nitrogens with zero attached hydrogens (tertiary/aromatic N) is 1. The van der Waals surface area contributed by atoms with Crippen molar-refractivity contribution in [2.75, 3.05) is 18.1 Å². The minimum absolute atomic E-state index is 0.0383. The molecule has 1 atom stereocenters. The van der Waals surface area contributed by atoms with Gasteiger partial charge in [-0.05, 0) is 31.4 Å². The molecule has 21 heavy (non-hydrogen) atoms. The van der Waals surface area contributed by atoms with Crippen molar-refractivity contribution in [1.82, 2.24) is 4.90 Å². The third kappa shape index (κ3) is 3.84. The summed E-state index contributed by atoms with van der Waals surface area (Å²) in [4.78, 5) is 14.6. The number of unbranched alkanes of at least 4 members (excludes halogenated alkanes) is 1. The minimum atomic E-state index is -2.99. The summed E-state index contributed by atoms with van der Waals surface area (Å²) in [5.74, 6) is 0.263. The van der Waals surface area contributed by atoms with E-state index < -0.39 is 9.84 Å². The van der Waals surface area contributed by atoms with Gasteiger partial charge < -0.3 is 4.90 Å². The summed E-state index contributed by atoms with van der Waals surface area (Å²) in [7, 11) is -2.99. The van der Waals surface area contributed by atoms with Crippen LogP contribution in [0.2, 0.25) is 0 Å². The molecule has 1 amide bonds. The average Bonchev–Trinajstić information content (AvgIpc) is 2.79. The van der Waals surface area contributed by atoms with Gasteiger partial charge in [-0.15, -0.1) is 0 Å². The smallest absolute Gasteiger partial charge is 0.254 e. The van der Waals surface area contributed by atoms with Gasteiger partial charge in [-0.25, -0.2) is 8.42 Å². The molecule has 0 N–H and O–H groups in total. The molecule has 5 heteroatoms. The second kappa shape index (κ2) is 6.60. The summed E-state index contributed by atoms with van der Waals surface area (Å²) in [6.45, 7) is 4.61. The lowest BCUT2D eigenvalue weighted by atomic mass is 10.1. The molecule has 2 rings (SSSR count). The fraction of sp³-hybridized carbons (Fsp3) is 0.562. The zero-order valence-electron chi connectivity index (χ0n) is 12.7. The van der Waals surface area contributed by atoms with Gasteiger partial charge in [0.1, 0.15) is 0 Å². The van der Waals surface area contributed by atoms with Crippen LogP contribution in [0.4, 0.5) is 0 Å². The second-order valence-corrected chi connectivity index (χ2v) is 7.95. The molecule has 0 bridgehead atoms. The summed E-state index contributed by atoms with van der Waals surface area (Å²) in [5.41, 5.74) is 1.61. The van der Waals surface area contributed by atoms with Crippen molar-refractivity contribution in [1.29, 1.82) is 0 Å². The Morgan fingerprint density at radius 2 is 2.05 bits per heavy atom. The fourth-order valence-electron chi connectivity index (χ4n) is 2.77. The fourth-order valence-corrected chi connectivity index (χ4v) is 4.50. The molecule has 0 saturated carbocycles. The molecule has 0 aliphatic carbocycles. The molecule has 1 saturated heterocycles. The monoisotopic (exact) mass is 309 g/mol.